The van der Waals surface area contributed by atoms with E-state index in [1.54, 1.807) is 0 Å². The number of benzene rings is 1. The molecule has 4 aliphatic rings. The third kappa shape index (κ3) is 3.37. The SMILES string of the molecule is CC(=O)OC1CCC2(C)C(=CCC3C2CCC2(C)C3CC(n3cnc4ccccc43)C2C(C)=O)C1. The summed E-state index contributed by atoms with van der Waals surface area (Å²) in [5.74, 6) is 1.97. The number of carbonyl (C=O) groups is 2. The molecule has 4 aliphatic carbocycles. The Morgan fingerprint density at radius 2 is 1.89 bits per heavy atom. The van der Waals surface area contributed by atoms with Crippen LogP contribution < -0.4 is 0 Å². The van der Waals surface area contributed by atoms with Crippen molar-refractivity contribution in [1.82, 2.24) is 9.55 Å². The summed E-state index contributed by atoms with van der Waals surface area (Å²) in [5.41, 5.74) is 3.88. The molecule has 3 fully saturated rings. The summed E-state index contributed by atoms with van der Waals surface area (Å²) in [7, 11) is 0. The summed E-state index contributed by atoms with van der Waals surface area (Å²) in [5, 5.41) is 0. The van der Waals surface area contributed by atoms with Crippen molar-refractivity contribution in [3.05, 3.63) is 42.2 Å². The number of allylic oxidation sites excluding steroid dienone is 1. The van der Waals surface area contributed by atoms with E-state index in [-0.39, 0.29) is 34.9 Å². The highest BCUT2D eigenvalue weighted by atomic mass is 16.5. The summed E-state index contributed by atoms with van der Waals surface area (Å²) in [6.45, 7) is 8.22. The summed E-state index contributed by atoms with van der Waals surface area (Å²) in [4.78, 5) is 29.5. The number of aromatic nitrogens is 2. The van der Waals surface area contributed by atoms with Gasteiger partial charge in [-0.05, 0) is 86.2 Å². The van der Waals surface area contributed by atoms with Crippen molar-refractivity contribution in [2.75, 3.05) is 0 Å². The number of hydrogen-bond donors (Lipinski definition) is 0. The highest BCUT2D eigenvalue weighted by Gasteiger charge is 2.62. The highest BCUT2D eigenvalue weighted by Crippen LogP contribution is 2.68. The van der Waals surface area contributed by atoms with E-state index in [1.807, 2.05) is 19.3 Å². The summed E-state index contributed by atoms with van der Waals surface area (Å²) < 4.78 is 7.93. The van der Waals surface area contributed by atoms with Gasteiger partial charge in [0.2, 0.25) is 0 Å². The molecule has 0 amide bonds. The average molecular weight is 475 g/mol. The Kier molecular flexibility index (Phi) is 5.28. The molecule has 2 aromatic rings. The zero-order chi connectivity index (χ0) is 24.5. The quantitative estimate of drug-likeness (QED) is 0.388. The van der Waals surface area contributed by atoms with Crippen LogP contribution in [0.25, 0.3) is 11.0 Å². The van der Waals surface area contributed by atoms with E-state index >= 15 is 0 Å². The molecule has 1 heterocycles. The topological polar surface area (TPSA) is 61.2 Å². The number of Topliss-reactive ketones (excluding diaryl/α,β-unsaturated/α-hetero) is 1. The van der Waals surface area contributed by atoms with Crippen LogP contribution in [-0.4, -0.2) is 27.4 Å². The Morgan fingerprint density at radius 1 is 1.09 bits per heavy atom. The minimum atomic E-state index is -0.166. The van der Waals surface area contributed by atoms with Gasteiger partial charge in [0, 0.05) is 25.3 Å². The molecule has 8 atom stereocenters. The molecule has 0 spiro atoms. The van der Waals surface area contributed by atoms with E-state index in [0.29, 0.717) is 23.5 Å². The van der Waals surface area contributed by atoms with Crippen molar-refractivity contribution in [3.63, 3.8) is 0 Å². The lowest BCUT2D eigenvalue weighted by atomic mass is 9.47. The standard InChI is InChI=1S/C30H38N2O3/c1-18(33)28-27(32-17-31-25-7-5-6-8-26(25)32)16-24-22-10-9-20-15-21(35-19(2)34)11-13-29(20,3)23(22)12-14-30(24,28)4/h5-9,17,21-24,27-28H,10-16H2,1-4H3. The fourth-order valence-electron chi connectivity index (χ4n) is 9.23. The second-order valence-corrected chi connectivity index (χ2v) is 12.3. The fraction of sp³-hybridized carbons (Fsp3) is 0.633. The van der Waals surface area contributed by atoms with E-state index in [1.165, 1.54) is 18.9 Å². The molecule has 1 aromatic heterocycles. The summed E-state index contributed by atoms with van der Waals surface area (Å²) in [6, 6.07) is 8.49. The van der Waals surface area contributed by atoms with Gasteiger partial charge < -0.3 is 9.30 Å². The monoisotopic (exact) mass is 474 g/mol. The molecule has 0 aliphatic heterocycles. The second-order valence-electron chi connectivity index (χ2n) is 12.3. The Balaban J connectivity index is 1.35. The van der Waals surface area contributed by atoms with E-state index in [0.717, 1.165) is 49.6 Å². The van der Waals surface area contributed by atoms with Gasteiger partial charge in [-0.25, -0.2) is 4.98 Å². The number of ketones is 1. The van der Waals surface area contributed by atoms with Crippen LogP contribution in [0.3, 0.4) is 0 Å². The summed E-state index contributed by atoms with van der Waals surface area (Å²) >= 11 is 0. The van der Waals surface area contributed by atoms with Crippen LogP contribution in [0.15, 0.2) is 42.2 Å². The molecule has 5 heteroatoms. The highest BCUT2D eigenvalue weighted by molar-refractivity contribution is 5.81. The van der Waals surface area contributed by atoms with Crippen molar-refractivity contribution in [2.45, 2.75) is 84.8 Å². The van der Waals surface area contributed by atoms with Crippen LogP contribution in [0.1, 0.15) is 78.7 Å². The lowest BCUT2D eigenvalue weighted by Gasteiger charge is -2.57. The zero-order valence-corrected chi connectivity index (χ0v) is 21.5. The normalized spacial score (nSPS) is 40.4. The maximum atomic E-state index is 13.2. The maximum absolute atomic E-state index is 13.2. The van der Waals surface area contributed by atoms with Crippen molar-refractivity contribution in [3.8, 4) is 0 Å². The van der Waals surface area contributed by atoms with E-state index in [2.05, 4.69) is 47.7 Å². The number of nitrogens with zero attached hydrogens (tertiary/aromatic N) is 2. The van der Waals surface area contributed by atoms with Crippen molar-refractivity contribution in [2.24, 2.45) is 34.5 Å². The Labute approximate surface area is 208 Å². The number of carbonyl (C=O) groups excluding carboxylic acids is 2. The van der Waals surface area contributed by atoms with Gasteiger partial charge in [0.15, 0.2) is 0 Å². The summed E-state index contributed by atoms with van der Waals surface area (Å²) in [6.07, 6.45) is 11.9. The lowest BCUT2D eigenvalue weighted by Crippen LogP contribution is -2.51. The predicted octanol–water partition coefficient (Wildman–Crippen LogP) is 6.29. The van der Waals surface area contributed by atoms with Gasteiger partial charge in [-0.15, -0.1) is 0 Å². The van der Waals surface area contributed by atoms with Gasteiger partial charge in [0.25, 0.3) is 0 Å². The molecule has 0 N–H and O–H groups in total. The largest absolute Gasteiger partial charge is 0.462 e. The first-order valence-corrected chi connectivity index (χ1v) is 13.5. The third-order valence-corrected chi connectivity index (χ3v) is 10.7. The van der Waals surface area contributed by atoms with Crippen LogP contribution in [0.2, 0.25) is 0 Å². The first kappa shape index (κ1) is 23.0. The maximum Gasteiger partial charge on any atom is 0.302 e. The molecule has 35 heavy (non-hydrogen) atoms. The first-order chi connectivity index (χ1) is 16.7. The number of imidazole rings is 1. The minimum absolute atomic E-state index is 0.0275. The molecule has 186 valence electrons. The zero-order valence-electron chi connectivity index (χ0n) is 21.5. The number of rotatable bonds is 3. The molecule has 8 unspecified atom stereocenters. The molecule has 0 radical (unpaired) electrons. The minimum Gasteiger partial charge on any atom is -0.462 e. The molecule has 5 nitrogen and oxygen atoms in total. The van der Waals surface area contributed by atoms with Crippen LogP contribution >= 0.6 is 0 Å². The van der Waals surface area contributed by atoms with Gasteiger partial charge in [0.05, 0.1) is 17.4 Å². The number of hydrogen-bond acceptors (Lipinski definition) is 4. The van der Waals surface area contributed by atoms with Crippen molar-refractivity contribution < 1.29 is 14.3 Å². The van der Waals surface area contributed by atoms with Crippen LogP contribution in [0.4, 0.5) is 0 Å². The Morgan fingerprint density at radius 3 is 2.66 bits per heavy atom. The average Bonchev–Trinajstić information content (AvgIpc) is 3.37. The number of fused-ring (bicyclic) bond motifs is 6. The smallest absolute Gasteiger partial charge is 0.302 e. The van der Waals surface area contributed by atoms with Gasteiger partial charge >= 0.3 is 5.97 Å². The molecule has 3 saturated carbocycles. The predicted molar refractivity (Wildman–Crippen MR) is 136 cm³/mol. The molecule has 0 saturated heterocycles. The molecule has 0 bridgehead atoms. The molecular formula is C30H38N2O3. The molecular weight excluding hydrogens is 436 g/mol. The third-order valence-electron chi connectivity index (χ3n) is 10.7. The molecule has 6 rings (SSSR count). The first-order valence-electron chi connectivity index (χ1n) is 13.5. The van der Waals surface area contributed by atoms with Gasteiger partial charge in [-0.3, -0.25) is 9.59 Å². The van der Waals surface area contributed by atoms with Crippen LogP contribution in [0, 0.1) is 34.5 Å². The van der Waals surface area contributed by atoms with Crippen molar-refractivity contribution in [1.29, 1.82) is 0 Å². The van der Waals surface area contributed by atoms with Crippen LogP contribution in [-0.2, 0) is 14.3 Å². The number of ether oxygens (including phenoxy) is 1. The lowest BCUT2D eigenvalue weighted by molar-refractivity contribution is -0.149. The van der Waals surface area contributed by atoms with Gasteiger partial charge in [-0.2, -0.15) is 0 Å². The fourth-order valence-corrected chi connectivity index (χ4v) is 9.23. The van der Waals surface area contributed by atoms with E-state index in [9.17, 15) is 9.59 Å². The van der Waals surface area contributed by atoms with E-state index in [4.69, 9.17) is 4.74 Å². The number of esters is 1. The second kappa shape index (κ2) is 8.04. The Hall–Kier alpha value is -2.43. The van der Waals surface area contributed by atoms with Gasteiger partial charge in [0.1, 0.15) is 11.9 Å². The van der Waals surface area contributed by atoms with Gasteiger partial charge in [-0.1, -0.05) is 37.6 Å². The molecule has 1 aromatic carbocycles. The van der Waals surface area contributed by atoms with Crippen molar-refractivity contribution >= 4 is 22.8 Å². The van der Waals surface area contributed by atoms with Crippen LogP contribution in [0.5, 0.6) is 0 Å². The van der Waals surface area contributed by atoms with E-state index < -0.39 is 0 Å². The number of para-hydroxylation sites is 2. The Bertz CT molecular complexity index is 1210.